The summed E-state index contributed by atoms with van der Waals surface area (Å²) in [6, 6.07) is 14.1. The molecule has 1 N–H and O–H groups in total. The van der Waals surface area contributed by atoms with Gasteiger partial charge in [-0.2, -0.15) is 4.98 Å². The number of ether oxygens (including phenoxy) is 1. The lowest BCUT2D eigenvalue weighted by Gasteiger charge is -2.38. The van der Waals surface area contributed by atoms with Gasteiger partial charge in [0.15, 0.2) is 5.11 Å². The smallest absolute Gasteiger partial charge is 0.258 e. The first-order valence-corrected chi connectivity index (χ1v) is 12.8. The highest BCUT2D eigenvalue weighted by Crippen LogP contribution is 2.38. The Kier molecular flexibility index (Phi) is 6.67. The van der Waals surface area contributed by atoms with Crippen LogP contribution in [0.25, 0.3) is 17.0 Å². The van der Waals surface area contributed by atoms with E-state index in [1.807, 2.05) is 42.3 Å². The monoisotopic (exact) mass is 496 g/mol. The second-order valence-electron chi connectivity index (χ2n) is 8.33. The Labute approximate surface area is 207 Å². The lowest BCUT2D eigenvalue weighted by atomic mass is 9.94. The van der Waals surface area contributed by atoms with Crippen molar-refractivity contribution in [2.75, 3.05) is 19.4 Å². The first-order valence-electron chi connectivity index (χ1n) is 11.2. The van der Waals surface area contributed by atoms with Gasteiger partial charge in [0.05, 0.1) is 24.3 Å². The molecule has 2 aliphatic rings. The number of hydrogen-bond donors (Lipinski definition) is 1. The van der Waals surface area contributed by atoms with Crippen molar-refractivity contribution in [2.45, 2.75) is 36.8 Å². The number of benzene rings is 2. The van der Waals surface area contributed by atoms with E-state index in [9.17, 15) is 4.39 Å². The van der Waals surface area contributed by atoms with Gasteiger partial charge in [-0.25, -0.2) is 4.39 Å². The van der Waals surface area contributed by atoms with Crippen molar-refractivity contribution in [1.82, 2.24) is 20.4 Å². The number of thioether (sulfide) groups is 1. The maximum absolute atomic E-state index is 13.6. The van der Waals surface area contributed by atoms with Crippen LogP contribution in [0.4, 0.5) is 4.39 Å². The first-order chi connectivity index (χ1) is 16.5. The van der Waals surface area contributed by atoms with Crippen LogP contribution in [0.2, 0.25) is 0 Å². The topological polar surface area (TPSA) is 63.4 Å². The highest BCUT2D eigenvalue weighted by Gasteiger charge is 2.35. The third-order valence-electron chi connectivity index (χ3n) is 6.21. The highest BCUT2D eigenvalue weighted by atomic mass is 32.2. The summed E-state index contributed by atoms with van der Waals surface area (Å²) in [5.74, 6) is 0.626. The van der Waals surface area contributed by atoms with Crippen LogP contribution >= 0.6 is 24.0 Å². The quantitative estimate of drug-likeness (QED) is 0.358. The van der Waals surface area contributed by atoms with Gasteiger partial charge in [0.25, 0.3) is 5.89 Å². The van der Waals surface area contributed by atoms with Gasteiger partial charge in [0.2, 0.25) is 5.82 Å². The van der Waals surface area contributed by atoms with Gasteiger partial charge in [-0.1, -0.05) is 17.3 Å². The minimum Gasteiger partial charge on any atom is -0.376 e. The van der Waals surface area contributed by atoms with E-state index in [0.29, 0.717) is 23.4 Å². The lowest BCUT2D eigenvalue weighted by Crippen LogP contribution is -2.48. The summed E-state index contributed by atoms with van der Waals surface area (Å²) in [5.41, 5.74) is 3.47. The van der Waals surface area contributed by atoms with E-state index in [4.69, 9.17) is 26.5 Å². The second kappa shape index (κ2) is 9.85. The molecule has 0 amide bonds. The zero-order valence-corrected chi connectivity index (χ0v) is 20.6. The van der Waals surface area contributed by atoms with Crippen LogP contribution in [-0.4, -0.2) is 45.7 Å². The van der Waals surface area contributed by atoms with E-state index in [-0.39, 0.29) is 18.0 Å². The number of halogens is 1. The highest BCUT2D eigenvalue weighted by molar-refractivity contribution is 7.98. The van der Waals surface area contributed by atoms with Gasteiger partial charge in [-0.05, 0) is 80.2 Å². The van der Waals surface area contributed by atoms with Crippen molar-refractivity contribution in [1.29, 1.82) is 0 Å². The number of rotatable bonds is 6. The molecule has 2 unspecified atom stereocenters. The molecular formula is C25H25FN4O2S2. The number of thiocarbonyl (C=S) groups is 1. The van der Waals surface area contributed by atoms with E-state index in [1.54, 1.807) is 23.9 Å². The third kappa shape index (κ3) is 4.60. The normalized spacial score (nSPS) is 20.7. The lowest BCUT2D eigenvalue weighted by molar-refractivity contribution is 0.0962. The average molecular weight is 497 g/mol. The summed E-state index contributed by atoms with van der Waals surface area (Å²) in [4.78, 5) is 7.94. The molecule has 3 aromatic rings. The van der Waals surface area contributed by atoms with Crippen molar-refractivity contribution in [2.24, 2.45) is 0 Å². The molecule has 2 aliphatic heterocycles. The molecule has 3 heterocycles. The summed E-state index contributed by atoms with van der Waals surface area (Å²) < 4.78 is 25.3. The largest absolute Gasteiger partial charge is 0.376 e. The minimum atomic E-state index is -0.346. The van der Waals surface area contributed by atoms with Gasteiger partial charge in [0, 0.05) is 22.8 Å². The Morgan fingerprint density at radius 2 is 1.94 bits per heavy atom. The van der Waals surface area contributed by atoms with Gasteiger partial charge < -0.3 is 19.5 Å². The van der Waals surface area contributed by atoms with Crippen molar-refractivity contribution in [3.63, 3.8) is 0 Å². The molecule has 0 radical (unpaired) electrons. The zero-order valence-electron chi connectivity index (χ0n) is 19.0. The first kappa shape index (κ1) is 23.0. The molecular weight excluding hydrogens is 471 g/mol. The molecule has 0 aliphatic carbocycles. The molecule has 0 spiro atoms. The molecule has 1 saturated heterocycles. The molecule has 34 heavy (non-hydrogen) atoms. The van der Waals surface area contributed by atoms with Gasteiger partial charge in [-0.15, -0.1) is 11.8 Å². The number of hydrogen-bond acceptors (Lipinski definition) is 6. The summed E-state index contributed by atoms with van der Waals surface area (Å²) in [7, 11) is 0. The van der Waals surface area contributed by atoms with Crippen LogP contribution in [0.15, 0.2) is 63.6 Å². The fourth-order valence-electron chi connectivity index (χ4n) is 4.37. The summed E-state index contributed by atoms with van der Waals surface area (Å²) in [6.07, 6.45) is 4.20. The molecule has 1 aromatic heterocycles. The van der Waals surface area contributed by atoms with Gasteiger partial charge in [0.1, 0.15) is 5.82 Å². The van der Waals surface area contributed by atoms with E-state index in [1.165, 1.54) is 12.1 Å². The Bertz CT molecular complexity index is 1200. The molecule has 0 saturated carbocycles. The van der Waals surface area contributed by atoms with E-state index >= 15 is 0 Å². The van der Waals surface area contributed by atoms with Crippen LogP contribution in [0, 0.1) is 5.82 Å². The fourth-order valence-corrected chi connectivity index (χ4v) is 5.10. The number of aromatic nitrogens is 2. The van der Waals surface area contributed by atoms with Gasteiger partial charge >= 0.3 is 0 Å². The summed E-state index contributed by atoms with van der Waals surface area (Å²) in [6.45, 7) is 3.43. The van der Waals surface area contributed by atoms with Crippen molar-refractivity contribution >= 4 is 34.7 Å². The Balaban J connectivity index is 1.55. The average Bonchev–Trinajstić information content (AvgIpc) is 3.54. The Morgan fingerprint density at radius 1 is 1.18 bits per heavy atom. The van der Waals surface area contributed by atoms with E-state index in [2.05, 4.69) is 10.5 Å². The number of nitrogens with one attached hydrogen (secondary N) is 1. The number of nitrogens with zero attached hydrogens (tertiary/aromatic N) is 3. The molecule has 0 bridgehead atoms. The second-order valence-corrected chi connectivity index (χ2v) is 9.60. The Hall–Kier alpha value is -2.75. The van der Waals surface area contributed by atoms with Crippen LogP contribution < -0.4 is 5.32 Å². The minimum absolute atomic E-state index is 0.117. The van der Waals surface area contributed by atoms with Crippen LogP contribution in [0.5, 0.6) is 0 Å². The van der Waals surface area contributed by atoms with Crippen LogP contribution in [0.3, 0.4) is 0 Å². The molecule has 6 nitrogen and oxygen atoms in total. The van der Waals surface area contributed by atoms with E-state index < -0.39 is 0 Å². The molecule has 2 atom stereocenters. The predicted octanol–water partition coefficient (Wildman–Crippen LogP) is 5.44. The predicted molar refractivity (Wildman–Crippen MR) is 135 cm³/mol. The third-order valence-corrected chi connectivity index (χ3v) is 7.30. The molecule has 176 valence electrons. The van der Waals surface area contributed by atoms with Crippen molar-refractivity contribution in [3.05, 3.63) is 71.5 Å². The van der Waals surface area contributed by atoms with E-state index in [0.717, 1.165) is 46.7 Å². The maximum atomic E-state index is 13.6. The van der Waals surface area contributed by atoms with Crippen LogP contribution in [0.1, 0.15) is 37.3 Å². The maximum Gasteiger partial charge on any atom is 0.258 e. The Morgan fingerprint density at radius 3 is 2.62 bits per heavy atom. The SMILES string of the molecule is CSc1ccc(-c2noc(C3=C(C)N(CC4CCCO4)C(=S)NC3c3ccc(F)cc3)n2)cc1. The molecule has 5 rings (SSSR count). The van der Waals surface area contributed by atoms with Crippen LogP contribution in [-0.2, 0) is 4.74 Å². The fraction of sp³-hybridized carbons (Fsp3) is 0.320. The van der Waals surface area contributed by atoms with Crippen molar-refractivity contribution < 1.29 is 13.7 Å². The van der Waals surface area contributed by atoms with Crippen molar-refractivity contribution in [3.8, 4) is 11.4 Å². The number of allylic oxidation sites excluding steroid dienone is 1. The summed E-state index contributed by atoms with van der Waals surface area (Å²) >= 11 is 7.41. The molecule has 2 aromatic carbocycles. The molecule has 1 fully saturated rings. The summed E-state index contributed by atoms with van der Waals surface area (Å²) in [5, 5.41) is 8.26. The zero-order chi connectivity index (χ0) is 23.7. The standard InChI is InChI=1S/C25H25FN4O2S2/c1-15-21(24-28-23(29-32-24)17-7-11-20(34-2)12-8-17)22(16-5-9-18(26)10-6-16)27-25(33)30(15)14-19-4-3-13-31-19/h5-12,19,22H,3-4,13-14H2,1-2H3,(H,27,33). The molecule has 9 heteroatoms. The van der Waals surface area contributed by atoms with Gasteiger partial charge in [-0.3, -0.25) is 0 Å².